The summed E-state index contributed by atoms with van der Waals surface area (Å²) in [5.41, 5.74) is -1.11. The second-order valence-corrected chi connectivity index (χ2v) is 5.95. The molecule has 0 radical (unpaired) electrons. The predicted octanol–water partition coefficient (Wildman–Crippen LogP) is 1.56. The normalized spacial score (nSPS) is 30.6. The molecule has 0 bridgehead atoms. The van der Waals surface area contributed by atoms with E-state index in [1.165, 1.54) is 0 Å². The van der Waals surface area contributed by atoms with Gasteiger partial charge in [-0.25, -0.2) is 4.79 Å². The zero-order valence-electron chi connectivity index (χ0n) is 11.5. The fourth-order valence-electron chi connectivity index (χ4n) is 2.97. The van der Waals surface area contributed by atoms with Gasteiger partial charge in [-0.15, -0.1) is 0 Å². The van der Waals surface area contributed by atoms with Gasteiger partial charge < -0.3 is 15.2 Å². The topological polar surface area (TPSA) is 75.6 Å². The minimum Gasteiger partial charge on any atom is -0.480 e. The van der Waals surface area contributed by atoms with Gasteiger partial charge in [-0.1, -0.05) is 6.92 Å². The lowest BCUT2D eigenvalue weighted by Crippen LogP contribution is -2.58. The number of ether oxygens (including phenoxy) is 1. The van der Waals surface area contributed by atoms with Crippen LogP contribution in [0.5, 0.6) is 0 Å². The van der Waals surface area contributed by atoms with E-state index in [2.05, 4.69) is 12.2 Å². The van der Waals surface area contributed by atoms with E-state index < -0.39 is 11.5 Å². The van der Waals surface area contributed by atoms with Gasteiger partial charge in [0.05, 0.1) is 0 Å². The van der Waals surface area contributed by atoms with Crippen molar-refractivity contribution in [2.24, 2.45) is 11.8 Å². The minimum atomic E-state index is -1.11. The summed E-state index contributed by atoms with van der Waals surface area (Å²) in [4.78, 5) is 23.7. The van der Waals surface area contributed by atoms with Crippen molar-refractivity contribution >= 4 is 11.9 Å². The molecule has 2 fully saturated rings. The summed E-state index contributed by atoms with van der Waals surface area (Å²) in [7, 11) is 0. The molecule has 0 spiro atoms. The molecule has 0 atom stereocenters. The molecular weight excluding hydrogens is 246 g/mol. The SMILES string of the molecule is CC1CCC(C(=O)NC2(C(=O)O)CCOCC2)CC1. The fraction of sp³-hybridized carbons (Fsp3) is 0.857. The van der Waals surface area contributed by atoms with Crippen molar-refractivity contribution in [1.82, 2.24) is 5.32 Å². The van der Waals surface area contributed by atoms with Gasteiger partial charge in [0.2, 0.25) is 5.91 Å². The number of carboxylic acids is 1. The summed E-state index contributed by atoms with van der Waals surface area (Å²) in [6.45, 7) is 2.99. The highest BCUT2D eigenvalue weighted by Gasteiger charge is 2.42. The van der Waals surface area contributed by atoms with Crippen molar-refractivity contribution in [3.05, 3.63) is 0 Å². The van der Waals surface area contributed by atoms with Gasteiger partial charge in [-0.05, 0) is 31.6 Å². The Hall–Kier alpha value is -1.10. The number of amides is 1. The van der Waals surface area contributed by atoms with E-state index in [0.717, 1.165) is 25.7 Å². The monoisotopic (exact) mass is 269 g/mol. The third-order valence-electron chi connectivity index (χ3n) is 4.50. The molecule has 19 heavy (non-hydrogen) atoms. The Bertz CT molecular complexity index is 341. The zero-order valence-corrected chi connectivity index (χ0v) is 11.5. The van der Waals surface area contributed by atoms with Crippen molar-refractivity contribution in [2.45, 2.75) is 51.0 Å². The number of carbonyl (C=O) groups excluding carboxylic acids is 1. The van der Waals surface area contributed by atoms with E-state index in [1.54, 1.807) is 0 Å². The van der Waals surface area contributed by atoms with Gasteiger partial charge in [0.25, 0.3) is 0 Å². The molecule has 0 unspecified atom stereocenters. The summed E-state index contributed by atoms with van der Waals surface area (Å²) in [5.74, 6) is -0.361. The molecule has 108 valence electrons. The van der Waals surface area contributed by atoms with Crippen LogP contribution in [0.3, 0.4) is 0 Å². The first kappa shape index (κ1) is 14.3. The van der Waals surface area contributed by atoms with E-state index in [1.807, 2.05) is 0 Å². The van der Waals surface area contributed by atoms with Crippen LogP contribution in [0.4, 0.5) is 0 Å². The molecule has 1 aliphatic carbocycles. The predicted molar refractivity (Wildman–Crippen MR) is 69.7 cm³/mol. The maximum absolute atomic E-state index is 12.3. The summed E-state index contributed by atoms with van der Waals surface area (Å²) in [6.07, 6.45) is 4.58. The van der Waals surface area contributed by atoms with E-state index in [-0.39, 0.29) is 11.8 Å². The highest BCUT2D eigenvalue weighted by molar-refractivity contribution is 5.88. The second kappa shape index (κ2) is 5.90. The lowest BCUT2D eigenvalue weighted by Gasteiger charge is -2.36. The lowest BCUT2D eigenvalue weighted by molar-refractivity contribution is -0.153. The van der Waals surface area contributed by atoms with Crippen LogP contribution >= 0.6 is 0 Å². The average molecular weight is 269 g/mol. The third kappa shape index (κ3) is 3.26. The van der Waals surface area contributed by atoms with Crippen molar-refractivity contribution in [3.8, 4) is 0 Å². The van der Waals surface area contributed by atoms with Crippen molar-refractivity contribution in [1.29, 1.82) is 0 Å². The smallest absolute Gasteiger partial charge is 0.329 e. The largest absolute Gasteiger partial charge is 0.480 e. The Kier molecular flexibility index (Phi) is 4.45. The highest BCUT2D eigenvalue weighted by atomic mass is 16.5. The summed E-state index contributed by atoms with van der Waals surface area (Å²) in [6, 6.07) is 0. The molecule has 1 aliphatic heterocycles. The van der Waals surface area contributed by atoms with Crippen molar-refractivity contribution in [3.63, 3.8) is 0 Å². The zero-order chi connectivity index (χ0) is 13.9. The first-order valence-electron chi connectivity index (χ1n) is 7.17. The van der Waals surface area contributed by atoms with Crippen molar-refractivity contribution < 1.29 is 19.4 Å². The summed E-state index contributed by atoms with van der Waals surface area (Å²) < 4.78 is 5.20. The molecule has 2 rings (SSSR count). The van der Waals surface area contributed by atoms with Crippen LogP contribution in [0, 0.1) is 11.8 Å². The Morgan fingerprint density at radius 1 is 1.16 bits per heavy atom. The molecule has 5 heteroatoms. The Morgan fingerprint density at radius 3 is 2.26 bits per heavy atom. The first-order valence-corrected chi connectivity index (χ1v) is 7.17. The van der Waals surface area contributed by atoms with E-state index in [0.29, 0.717) is 32.0 Å². The van der Waals surface area contributed by atoms with Crippen LogP contribution in [0.1, 0.15) is 45.4 Å². The third-order valence-corrected chi connectivity index (χ3v) is 4.50. The van der Waals surface area contributed by atoms with E-state index >= 15 is 0 Å². The van der Waals surface area contributed by atoms with Gasteiger partial charge in [0, 0.05) is 32.0 Å². The summed E-state index contributed by atoms with van der Waals surface area (Å²) >= 11 is 0. The molecule has 5 nitrogen and oxygen atoms in total. The molecule has 1 heterocycles. The van der Waals surface area contributed by atoms with Crippen LogP contribution in [-0.4, -0.2) is 35.7 Å². The molecule has 2 N–H and O–H groups in total. The Morgan fingerprint density at radius 2 is 1.74 bits per heavy atom. The summed E-state index contributed by atoms with van der Waals surface area (Å²) in [5, 5.41) is 12.2. The first-order chi connectivity index (χ1) is 9.03. The van der Waals surface area contributed by atoms with Crippen LogP contribution < -0.4 is 5.32 Å². The average Bonchev–Trinajstić information content (AvgIpc) is 2.40. The Balaban J connectivity index is 1.97. The molecule has 1 amide bonds. The standard InChI is InChI=1S/C14H23NO4/c1-10-2-4-11(5-3-10)12(16)15-14(13(17)18)6-8-19-9-7-14/h10-11H,2-9H2,1H3,(H,15,16)(H,17,18). The molecule has 0 aromatic carbocycles. The minimum absolute atomic E-state index is 0.0183. The number of hydrogen-bond acceptors (Lipinski definition) is 3. The maximum atomic E-state index is 12.3. The lowest BCUT2D eigenvalue weighted by atomic mass is 9.81. The number of nitrogens with one attached hydrogen (secondary N) is 1. The van der Waals surface area contributed by atoms with E-state index in [4.69, 9.17) is 4.74 Å². The maximum Gasteiger partial charge on any atom is 0.329 e. The van der Waals surface area contributed by atoms with E-state index in [9.17, 15) is 14.7 Å². The number of rotatable bonds is 3. The number of carboxylic acid groups (broad SMARTS) is 1. The van der Waals surface area contributed by atoms with Crippen LogP contribution in [0.15, 0.2) is 0 Å². The van der Waals surface area contributed by atoms with Crippen LogP contribution in [-0.2, 0) is 14.3 Å². The van der Waals surface area contributed by atoms with Gasteiger partial charge in [0.1, 0.15) is 5.54 Å². The van der Waals surface area contributed by atoms with Gasteiger partial charge in [-0.3, -0.25) is 4.79 Å². The quantitative estimate of drug-likeness (QED) is 0.815. The van der Waals surface area contributed by atoms with Gasteiger partial charge >= 0.3 is 5.97 Å². The molecule has 2 aliphatic rings. The molecule has 0 aromatic heterocycles. The number of carbonyl (C=O) groups is 2. The molecule has 0 aromatic rings. The van der Waals surface area contributed by atoms with Crippen LogP contribution in [0.2, 0.25) is 0 Å². The molecule has 1 saturated carbocycles. The van der Waals surface area contributed by atoms with Crippen molar-refractivity contribution in [2.75, 3.05) is 13.2 Å². The van der Waals surface area contributed by atoms with Gasteiger partial charge in [0.15, 0.2) is 0 Å². The van der Waals surface area contributed by atoms with Gasteiger partial charge in [-0.2, -0.15) is 0 Å². The van der Waals surface area contributed by atoms with Crippen LogP contribution in [0.25, 0.3) is 0 Å². The highest BCUT2D eigenvalue weighted by Crippen LogP contribution is 2.30. The fourth-order valence-corrected chi connectivity index (χ4v) is 2.97. The molecule has 1 saturated heterocycles. The number of aliphatic carboxylic acids is 1. The molecular formula is C14H23NO4. The Labute approximate surface area is 113 Å². The second-order valence-electron chi connectivity index (χ2n) is 5.95. The number of hydrogen-bond donors (Lipinski definition) is 2.